The number of hydrogen-bond donors (Lipinski definition) is 1. The van der Waals surface area contributed by atoms with E-state index in [2.05, 4.69) is 5.32 Å². The lowest BCUT2D eigenvalue weighted by Gasteiger charge is -2.10. The van der Waals surface area contributed by atoms with Crippen molar-refractivity contribution in [2.45, 2.75) is 13.8 Å². The van der Waals surface area contributed by atoms with Crippen molar-refractivity contribution >= 4 is 22.6 Å². The molecule has 31 heavy (non-hydrogen) atoms. The Balaban J connectivity index is 1.52. The Kier molecular flexibility index (Phi) is 5.54. The lowest BCUT2D eigenvalue weighted by Crippen LogP contribution is -2.20. The first-order valence-corrected chi connectivity index (χ1v) is 9.74. The van der Waals surface area contributed by atoms with Crippen LogP contribution in [0.15, 0.2) is 75.9 Å². The van der Waals surface area contributed by atoms with Gasteiger partial charge in [0, 0.05) is 11.8 Å². The maximum atomic E-state index is 13.6. The number of halogens is 1. The van der Waals surface area contributed by atoms with Crippen LogP contribution in [0.5, 0.6) is 5.75 Å². The monoisotopic (exact) mass is 417 g/mol. The summed E-state index contributed by atoms with van der Waals surface area (Å²) in [5, 5.41) is 3.01. The number of ether oxygens (including phenoxy) is 1. The first kappa shape index (κ1) is 20.3. The molecule has 0 radical (unpaired) electrons. The van der Waals surface area contributed by atoms with Crippen molar-refractivity contribution < 1.29 is 18.3 Å². The van der Waals surface area contributed by atoms with Crippen LogP contribution in [-0.4, -0.2) is 12.5 Å². The van der Waals surface area contributed by atoms with Gasteiger partial charge in [-0.2, -0.15) is 0 Å². The fourth-order valence-corrected chi connectivity index (χ4v) is 3.33. The zero-order valence-corrected chi connectivity index (χ0v) is 17.1. The molecule has 0 bridgehead atoms. The predicted octanol–water partition coefficient (Wildman–Crippen LogP) is 5.23. The average molecular weight is 417 g/mol. The number of rotatable bonds is 5. The topological polar surface area (TPSA) is 68.5 Å². The van der Waals surface area contributed by atoms with E-state index in [9.17, 15) is 14.0 Å². The van der Waals surface area contributed by atoms with Crippen molar-refractivity contribution in [2.24, 2.45) is 0 Å². The molecule has 5 nitrogen and oxygen atoms in total. The number of nitrogens with one attached hydrogen (secondary N) is 1. The zero-order chi connectivity index (χ0) is 22.0. The van der Waals surface area contributed by atoms with Crippen molar-refractivity contribution in [3.05, 3.63) is 94.1 Å². The molecule has 0 aliphatic heterocycles. The fraction of sp³-hybridized carbons (Fsp3) is 0.120. The summed E-state index contributed by atoms with van der Waals surface area (Å²) >= 11 is 0. The molecule has 6 heteroatoms. The van der Waals surface area contributed by atoms with Crippen molar-refractivity contribution in [3.8, 4) is 16.9 Å². The molecule has 0 fully saturated rings. The van der Waals surface area contributed by atoms with E-state index in [-0.39, 0.29) is 12.0 Å². The van der Waals surface area contributed by atoms with Crippen molar-refractivity contribution in [1.82, 2.24) is 0 Å². The van der Waals surface area contributed by atoms with Crippen LogP contribution in [0, 0.1) is 19.7 Å². The molecule has 1 heterocycles. The first-order valence-electron chi connectivity index (χ1n) is 9.74. The number of amides is 1. The third-order valence-electron chi connectivity index (χ3n) is 4.93. The van der Waals surface area contributed by atoms with E-state index in [4.69, 9.17) is 9.15 Å². The van der Waals surface area contributed by atoms with Crippen LogP contribution < -0.4 is 15.5 Å². The molecule has 0 saturated heterocycles. The van der Waals surface area contributed by atoms with E-state index in [0.29, 0.717) is 39.3 Å². The highest BCUT2D eigenvalue weighted by atomic mass is 19.1. The van der Waals surface area contributed by atoms with Gasteiger partial charge in [-0.25, -0.2) is 4.39 Å². The van der Waals surface area contributed by atoms with Crippen LogP contribution in [0.3, 0.4) is 0 Å². The van der Waals surface area contributed by atoms with Gasteiger partial charge >= 0.3 is 0 Å². The molecule has 4 rings (SSSR count). The van der Waals surface area contributed by atoms with Crippen molar-refractivity contribution in [2.75, 3.05) is 11.9 Å². The fourth-order valence-electron chi connectivity index (χ4n) is 3.33. The number of benzene rings is 3. The molecule has 1 N–H and O–H groups in total. The SMILES string of the molecule is Cc1ccc(NC(=O)COc2ccc3c(=O)c(-c4ccccc4)c(C)oc3c2)cc1F. The summed E-state index contributed by atoms with van der Waals surface area (Å²) in [6, 6.07) is 18.6. The van der Waals surface area contributed by atoms with E-state index in [1.54, 1.807) is 44.2 Å². The second-order valence-electron chi connectivity index (χ2n) is 7.19. The Morgan fingerprint density at radius 2 is 1.81 bits per heavy atom. The summed E-state index contributed by atoms with van der Waals surface area (Å²) in [4.78, 5) is 25.1. The van der Waals surface area contributed by atoms with E-state index >= 15 is 0 Å². The molecule has 0 unspecified atom stereocenters. The van der Waals surface area contributed by atoms with Gasteiger partial charge in [0.2, 0.25) is 5.43 Å². The van der Waals surface area contributed by atoms with Gasteiger partial charge in [-0.1, -0.05) is 36.4 Å². The van der Waals surface area contributed by atoms with Crippen LogP contribution in [0.2, 0.25) is 0 Å². The second-order valence-corrected chi connectivity index (χ2v) is 7.19. The number of anilines is 1. The van der Waals surface area contributed by atoms with Gasteiger partial charge in [-0.3, -0.25) is 9.59 Å². The molecule has 0 atom stereocenters. The number of carbonyl (C=O) groups excluding carboxylic acids is 1. The molecule has 1 amide bonds. The minimum absolute atomic E-state index is 0.129. The molecule has 3 aromatic carbocycles. The standard InChI is InChI=1S/C25H20FNO4/c1-15-8-9-18(12-21(15)26)27-23(28)14-30-19-10-11-20-22(13-19)31-16(2)24(25(20)29)17-6-4-3-5-7-17/h3-13H,14H2,1-2H3,(H,27,28). The third-order valence-corrected chi connectivity index (χ3v) is 4.93. The van der Waals surface area contributed by atoms with E-state index in [1.165, 1.54) is 6.07 Å². The number of hydrogen-bond acceptors (Lipinski definition) is 4. The van der Waals surface area contributed by atoms with E-state index in [0.717, 1.165) is 5.56 Å². The Bertz CT molecular complexity index is 1330. The number of aryl methyl sites for hydroxylation is 2. The summed E-state index contributed by atoms with van der Waals surface area (Å²) in [7, 11) is 0. The number of carbonyl (C=O) groups is 1. The molecule has 1 aromatic heterocycles. The highest BCUT2D eigenvalue weighted by molar-refractivity contribution is 5.92. The van der Waals surface area contributed by atoms with Crippen LogP contribution in [-0.2, 0) is 4.79 Å². The molecule has 4 aromatic rings. The van der Waals surface area contributed by atoms with Crippen LogP contribution in [0.1, 0.15) is 11.3 Å². The van der Waals surface area contributed by atoms with Gasteiger partial charge < -0.3 is 14.5 Å². The molecule has 0 spiro atoms. The van der Waals surface area contributed by atoms with Crippen molar-refractivity contribution in [1.29, 1.82) is 0 Å². The summed E-state index contributed by atoms with van der Waals surface area (Å²) in [6.07, 6.45) is 0. The average Bonchev–Trinajstić information content (AvgIpc) is 2.75. The van der Waals surface area contributed by atoms with Gasteiger partial charge in [-0.15, -0.1) is 0 Å². The Morgan fingerprint density at radius 1 is 1.03 bits per heavy atom. The second kappa shape index (κ2) is 8.44. The highest BCUT2D eigenvalue weighted by Crippen LogP contribution is 2.26. The molecular weight excluding hydrogens is 397 g/mol. The minimum atomic E-state index is -0.430. The maximum Gasteiger partial charge on any atom is 0.262 e. The van der Waals surface area contributed by atoms with Gasteiger partial charge in [0.05, 0.1) is 10.9 Å². The smallest absolute Gasteiger partial charge is 0.262 e. The Labute approximate surface area is 178 Å². The van der Waals surface area contributed by atoms with Gasteiger partial charge in [0.25, 0.3) is 5.91 Å². The minimum Gasteiger partial charge on any atom is -0.484 e. The van der Waals surface area contributed by atoms with Gasteiger partial charge in [0.1, 0.15) is 22.9 Å². The Hall–Kier alpha value is -3.93. The van der Waals surface area contributed by atoms with Gasteiger partial charge in [-0.05, 0) is 49.2 Å². The molecule has 0 saturated carbocycles. The first-order chi connectivity index (χ1) is 14.9. The van der Waals surface area contributed by atoms with Crippen LogP contribution >= 0.6 is 0 Å². The van der Waals surface area contributed by atoms with Crippen LogP contribution in [0.4, 0.5) is 10.1 Å². The van der Waals surface area contributed by atoms with Crippen molar-refractivity contribution in [3.63, 3.8) is 0 Å². The molecule has 0 aliphatic rings. The summed E-state index contributed by atoms with van der Waals surface area (Å²) in [5.74, 6) is 0.0571. The molecular formula is C25H20FNO4. The largest absolute Gasteiger partial charge is 0.484 e. The maximum absolute atomic E-state index is 13.6. The van der Waals surface area contributed by atoms with E-state index in [1.807, 2.05) is 30.3 Å². The third kappa shape index (κ3) is 4.33. The predicted molar refractivity (Wildman–Crippen MR) is 118 cm³/mol. The van der Waals surface area contributed by atoms with E-state index < -0.39 is 11.7 Å². The molecule has 156 valence electrons. The lowest BCUT2D eigenvalue weighted by molar-refractivity contribution is -0.118. The quantitative estimate of drug-likeness (QED) is 0.483. The summed E-state index contributed by atoms with van der Waals surface area (Å²) in [5.41, 5.74) is 2.41. The normalized spacial score (nSPS) is 10.8. The number of fused-ring (bicyclic) bond motifs is 1. The Morgan fingerprint density at radius 3 is 2.55 bits per heavy atom. The highest BCUT2D eigenvalue weighted by Gasteiger charge is 2.14. The lowest BCUT2D eigenvalue weighted by atomic mass is 10.0. The van der Waals surface area contributed by atoms with Crippen LogP contribution in [0.25, 0.3) is 22.1 Å². The summed E-state index contributed by atoms with van der Waals surface area (Å²) < 4.78 is 25.0. The zero-order valence-electron chi connectivity index (χ0n) is 17.1. The molecule has 0 aliphatic carbocycles. The summed E-state index contributed by atoms with van der Waals surface area (Å²) in [6.45, 7) is 3.11. The van der Waals surface area contributed by atoms with Gasteiger partial charge in [0.15, 0.2) is 6.61 Å².